The largest absolute Gasteiger partial charge is 0.493 e. The molecule has 0 bridgehead atoms. The van der Waals surface area contributed by atoms with Gasteiger partial charge < -0.3 is 19.9 Å². The van der Waals surface area contributed by atoms with Gasteiger partial charge in [-0.25, -0.2) is 0 Å². The van der Waals surface area contributed by atoms with E-state index >= 15 is 0 Å². The molecular weight excluding hydrogens is 302 g/mol. The van der Waals surface area contributed by atoms with Gasteiger partial charge in [0.1, 0.15) is 0 Å². The molecule has 0 atom stereocenters. The minimum atomic E-state index is 0.101. The summed E-state index contributed by atoms with van der Waals surface area (Å²) in [6, 6.07) is 16.3. The summed E-state index contributed by atoms with van der Waals surface area (Å²) in [7, 11) is 1.64. The Balaban J connectivity index is 1.69. The fraction of sp³-hybridized carbons (Fsp3) is 0.400. The molecule has 4 heteroatoms. The fourth-order valence-electron chi connectivity index (χ4n) is 2.53. The first-order valence-electron chi connectivity index (χ1n) is 8.53. The zero-order chi connectivity index (χ0) is 17.0. The number of hydrogen-bond acceptors (Lipinski definition) is 4. The van der Waals surface area contributed by atoms with Gasteiger partial charge in [-0.05, 0) is 43.4 Å². The van der Waals surface area contributed by atoms with E-state index in [1.54, 1.807) is 7.11 Å². The predicted molar refractivity (Wildman–Crippen MR) is 98.1 cm³/mol. The van der Waals surface area contributed by atoms with Crippen LogP contribution in [0.4, 0.5) is 5.69 Å². The van der Waals surface area contributed by atoms with Crippen LogP contribution in [0.3, 0.4) is 0 Å². The van der Waals surface area contributed by atoms with E-state index in [-0.39, 0.29) is 6.61 Å². The van der Waals surface area contributed by atoms with Gasteiger partial charge in [0.15, 0.2) is 11.5 Å². The van der Waals surface area contributed by atoms with E-state index in [1.807, 2.05) is 18.2 Å². The standard InChI is InChI=1S/C20H27NO3/c1-23-20-16-18(21-13-14-22)11-12-19(20)24-15-7-3-6-10-17-8-4-2-5-9-17/h2,4-5,8-9,11-12,16,21-22H,3,6-7,10,13-15H2,1H3. The van der Waals surface area contributed by atoms with Gasteiger partial charge in [-0.15, -0.1) is 0 Å². The van der Waals surface area contributed by atoms with Crippen LogP contribution in [-0.2, 0) is 6.42 Å². The second-order valence-corrected chi connectivity index (χ2v) is 5.66. The molecule has 2 aromatic rings. The fourth-order valence-corrected chi connectivity index (χ4v) is 2.53. The molecule has 0 unspecified atom stereocenters. The molecule has 0 amide bonds. The lowest BCUT2D eigenvalue weighted by Gasteiger charge is -2.13. The maximum absolute atomic E-state index is 8.85. The zero-order valence-electron chi connectivity index (χ0n) is 14.3. The van der Waals surface area contributed by atoms with Crippen LogP contribution in [0.1, 0.15) is 24.8 Å². The Labute approximate surface area is 144 Å². The van der Waals surface area contributed by atoms with Crippen molar-refractivity contribution < 1.29 is 14.6 Å². The molecule has 0 aromatic heterocycles. The van der Waals surface area contributed by atoms with Gasteiger partial charge in [-0.2, -0.15) is 0 Å². The third-order valence-corrected chi connectivity index (χ3v) is 3.81. The minimum Gasteiger partial charge on any atom is -0.493 e. The van der Waals surface area contributed by atoms with Crippen LogP contribution in [0, 0.1) is 0 Å². The summed E-state index contributed by atoms with van der Waals surface area (Å²) in [5.41, 5.74) is 2.31. The minimum absolute atomic E-state index is 0.101. The van der Waals surface area contributed by atoms with Gasteiger partial charge in [0, 0.05) is 18.3 Å². The molecule has 2 rings (SSSR count). The Morgan fingerprint density at radius 2 is 1.79 bits per heavy atom. The third kappa shape index (κ3) is 6.13. The molecule has 0 fully saturated rings. The van der Waals surface area contributed by atoms with Gasteiger partial charge in [0.2, 0.25) is 0 Å². The molecule has 0 aliphatic heterocycles. The van der Waals surface area contributed by atoms with Crippen LogP contribution < -0.4 is 14.8 Å². The molecule has 2 aromatic carbocycles. The van der Waals surface area contributed by atoms with Crippen LogP contribution >= 0.6 is 0 Å². The smallest absolute Gasteiger partial charge is 0.162 e. The van der Waals surface area contributed by atoms with Crippen molar-refractivity contribution in [1.82, 2.24) is 0 Å². The lowest BCUT2D eigenvalue weighted by atomic mass is 10.1. The van der Waals surface area contributed by atoms with Crippen LogP contribution in [0.5, 0.6) is 11.5 Å². The summed E-state index contributed by atoms with van der Waals surface area (Å²) in [5.74, 6) is 1.47. The number of aliphatic hydroxyl groups is 1. The van der Waals surface area contributed by atoms with Crippen molar-refractivity contribution in [1.29, 1.82) is 0 Å². The highest BCUT2D eigenvalue weighted by atomic mass is 16.5. The Hall–Kier alpha value is -2.20. The Morgan fingerprint density at radius 3 is 2.54 bits per heavy atom. The average Bonchev–Trinajstić information content (AvgIpc) is 2.64. The van der Waals surface area contributed by atoms with Gasteiger partial charge in [0.25, 0.3) is 0 Å². The first-order chi connectivity index (χ1) is 11.8. The van der Waals surface area contributed by atoms with Gasteiger partial charge >= 0.3 is 0 Å². The van der Waals surface area contributed by atoms with Crippen molar-refractivity contribution in [2.24, 2.45) is 0 Å². The number of hydrogen-bond donors (Lipinski definition) is 2. The van der Waals surface area contributed by atoms with E-state index in [9.17, 15) is 0 Å². The van der Waals surface area contributed by atoms with E-state index in [2.05, 4.69) is 35.6 Å². The van der Waals surface area contributed by atoms with E-state index < -0.39 is 0 Å². The van der Waals surface area contributed by atoms with Crippen molar-refractivity contribution >= 4 is 5.69 Å². The molecule has 0 spiro atoms. The van der Waals surface area contributed by atoms with Crippen molar-refractivity contribution in [3.05, 3.63) is 54.1 Å². The molecule has 0 heterocycles. The van der Waals surface area contributed by atoms with Crippen LogP contribution in [0.15, 0.2) is 48.5 Å². The summed E-state index contributed by atoms with van der Waals surface area (Å²) in [4.78, 5) is 0. The topological polar surface area (TPSA) is 50.7 Å². The SMILES string of the molecule is COc1cc(NCCO)ccc1OCCCCCc1ccccc1. The lowest BCUT2D eigenvalue weighted by Crippen LogP contribution is -2.06. The first-order valence-corrected chi connectivity index (χ1v) is 8.53. The van der Waals surface area contributed by atoms with Crippen molar-refractivity contribution in [3.8, 4) is 11.5 Å². The molecule has 0 aliphatic carbocycles. The summed E-state index contributed by atoms with van der Waals surface area (Å²) < 4.78 is 11.2. The van der Waals surface area contributed by atoms with Crippen LogP contribution in [-0.4, -0.2) is 32.0 Å². The molecule has 0 aliphatic rings. The summed E-state index contributed by atoms with van der Waals surface area (Å²) in [6.45, 7) is 1.31. The van der Waals surface area contributed by atoms with Crippen molar-refractivity contribution in [3.63, 3.8) is 0 Å². The summed E-state index contributed by atoms with van der Waals surface area (Å²) in [6.07, 6.45) is 4.47. The zero-order valence-corrected chi connectivity index (χ0v) is 14.3. The van der Waals surface area contributed by atoms with E-state index in [0.29, 0.717) is 18.9 Å². The number of anilines is 1. The maximum atomic E-state index is 8.85. The number of aryl methyl sites for hydroxylation is 1. The maximum Gasteiger partial charge on any atom is 0.162 e. The number of aliphatic hydroxyl groups excluding tert-OH is 1. The normalized spacial score (nSPS) is 10.4. The number of rotatable bonds is 11. The molecular formula is C20H27NO3. The Kier molecular flexibility index (Phi) is 7.98. The number of nitrogens with one attached hydrogen (secondary N) is 1. The number of benzene rings is 2. The predicted octanol–water partition coefficient (Wildman–Crippen LogP) is 3.89. The molecule has 0 saturated heterocycles. The Morgan fingerprint density at radius 1 is 0.958 bits per heavy atom. The third-order valence-electron chi connectivity index (χ3n) is 3.81. The average molecular weight is 329 g/mol. The van der Waals surface area contributed by atoms with Gasteiger partial charge in [-0.1, -0.05) is 30.3 Å². The monoisotopic (exact) mass is 329 g/mol. The highest BCUT2D eigenvalue weighted by Gasteiger charge is 2.05. The summed E-state index contributed by atoms with van der Waals surface area (Å²) >= 11 is 0. The highest BCUT2D eigenvalue weighted by Crippen LogP contribution is 2.30. The molecule has 0 radical (unpaired) electrons. The first kappa shape index (κ1) is 18.1. The number of ether oxygens (including phenoxy) is 2. The second kappa shape index (κ2) is 10.6. The number of methoxy groups -OCH3 is 1. The number of unbranched alkanes of at least 4 members (excludes halogenated alkanes) is 2. The quantitative estimate of drug-likeness (QED) is 0.614. The summed E-state index contributed by atoms with van der Waals surface area (Å²) in [5, 5.41) is 12.0. The van der Waals surface area contributed by atoms with Crippen molar-refractivity contribution in [2.75, 3.05) is 32.2 Å². The molecule has 2 N–H and O–H groups in total. The Bertz CT molecular complexity index is 587. The van der Waals surface area contributed by atoms with Gasteiger partial charge in [0.05, 0.1) is 20.3 Å². The lowest BCUT2D eigenvalue weighted by molar-refractivity contribution is 0.285. The molecule has 130 valence electrons. The highest BCUT2D eigenvalue weighted by molar-refractivity contribution is 5.54. The van der Waals surface area contributed by atoms with Crippen molar-refractivity contribution in [2.45, 2.75) is 25.7 Å². The molecule has 4 nitrogen and oxygen atoms in total. The van der Waals surface area contributed by atoms with E-state index in [4.69, 9.17) is 14.6 Å². The van der Waals surface area contributed by atoms with Crippen LogP contribution in [0.2, 0.25) is 0 Å². The molecule has 24 heavy (non-hydrogen) atoms. The second-order valence-electron chi connectivity index (χ2n) is 5.66. The van der Waals surface area contributed by atoms with Crippen LogP contribution in [0.25, 0.3) is 0 Å². The van der Waals surface area contributed by atoms with E-state index in [0.717, 1.165) is 30.7 Å². The molecule has 0 saturated carbocycles. The van der Waals surface area contributed by atoms with Gasteiger partial charge in [-0.3, -0.25) is 0 Å². The van der Waals surface area contributed by atoms with E-state index in [1.165, 1.54) is 12.0 Å².